The molecule has 0 amide bonds. The maximum Gasteiger partial charge on any atom is 0.330 e. The second-order valence-corrected chi connectivity index (χ2v) is 3.94. The van der Waals surface area contributed by atoms with Gasteiger partial charge in [-0.2, -0.15) is 12.6 Å². The van der Waals surface area contributed by atoms with Crippen molar-refractivity contribution in [1.29, 1.82) is 0 Å². The number of H-pyrrole nitrogens is 1. The van der Waals surface area contributed by atoms with E-state index in [-0.39, 0.29) is 12.2 Å². The van der Waals surface area contributed by atoms with E-state index in [0.717, 1.165) is 5.69 Å². The van der Waals surface area contributed by atoms with Crippen LogP contribution in [0.25, 0.3) is 0 Å². The van der Waals surface area contributed by atoms with Gasteiger partial charge in [0.2, 0.25) is 0 Å². The fourth-order valence-corrected chi connectivity index (χ4v) is 1.39. The van der Waals surface area contributed by atoms with Gasteiger partial charge in [-0.1, -0.05) is 0 Å². The van der Waals surface area contributed by atoms with Gasteiger partial charge in [0.15, 0.2) is 6.04 Å². The van der Waals surface area contributed by atoms with Crippen LogP contribution in [-0.4, -0.2) is 50.0 Å². The van der Waals surface area contributed by atoms with Crippen molar-refractivity contribution in [2.45, 2.75) is 18.5 Å². The normalized spacial score (nSPS) is 12.7. The summed E-state index contributed by atoms with van der Waals surface area (Å²) in [5.41, 5.74) is 6.00. The number of carbonyl (C=O) groups is 2. The first kappa shape index (κ1) is 17.5. The fourth-order valence-electron chi connectivity index (χ4n) is 0.877. The van der Waals surface area contributed by atoms with Gasteiger partial charge in [0.05, 0.1) is 6.33 Å². The molecule has 8 nitrogen and oxygen atoms in total. The van der Waals surface area contributed by atoms with E-state index in [1.54, 1.807) is 6.20 Å². The number of carboxylic acids is 2. The van der Waals surface area contributed by atoms with Crippen molar-refractivity contribution in [2.24, 2.45) is 10.1 Å². The molecule has 0 saturated heterocycles. The number of carboxylic acid groups (broad SMARTS) is 2. The molecule has 19 heavy (non-hydrogen) atoms. The second kappa shape index (κ2) is 9.42. The predicted octanol–water partition coefficient (Wildman–Crippen LogP) is -0.536. The highest BCUT2D eigenvalue weighted by Crippen LogP contribution is 1.95. The third-order valence-electron chi connectivity index (χ3n) is 1.90. The summed E-state index contributed by atoms with van der Waals surface area (Å²) in [6.07, 6.45) is 3.34. The molecular weight excluding hydrogens is 292 g/mol. The van der Waals surface area contributed by atoms with Crippen molar-refractivity contribution < 1.29 is 19.8 Å². The fraction of sp³-hybridized carbons (Fsp3) is 0.444. The van der Waals surface area contributed by atoms with E-state index in [1.807, 2.05) is 0 Å². The number of rotatable bonds is 6. The number of nitrogens with one attached hydrogen (secondary N) is 1. The number of thiol groups is 1. The van der Waals surface area contributed by atoms with E-state index in [0.29, 0.717) is 0 Å². The van der Waals surface area contributed by atoms with Gasteiger partial charge in [0.1, 0.15) is 6.04 Å². The van der Waals surface area contributed by atoms with Gasteiger partial charge >= 0.3 is 11.9 Å². The van der Waals surface area contributed by atoms with Crippen LogP contribution in [0.2, 0.25) is 0 Å². The summed E-state index contributed by atoms with van der Waals surface area (Å²) in [5.74, 6) is -1.85. The number of imidazole rings is 1. The molecular formula is C9H14N4O4S2. The summed E-state index contributed by atoms with van der Waals surface area (Å²) < 4.78 is 3.11. The highest BCUT2D eigenvalue weighted by atomic mass is 32.1. The lowest BCUT2D eigenvalue weighted by Gasteiger charge is -2.02. The molecule has 0 aliphatic rings. The summed E-state index contributed by atoms with van der Waals surface area (Å²) in [6, 6.07) is -1.68. The Morgan fingerprint density at radius 1 is 1.53 bits per heavy atom. The van der Waals surface area contributed by atoms with Crippen LogP contribution >= 0.6 is 12.6 Å². The standard InChI is InChI=1S/C6H9N3O2.C3H5NO2S2/c7-5(6(10)11)1-4-2-8-3-9-4;5-3(6)2(1-7)4-8/h2-3,5H,1,7H2,(H,8,9)(H,10,11);2,7H,1H2,(H,5,6)/t5-;2-/m00/s1. The van der Waals surface area contributed by atoms with E-state index >= 15 is 0 Å². The van der Waals surface area contributed by atoms with Crippen LogP contribution < -0.4 is 5.73 Å². The highest BCUT2D eigenvalue weighted by Gasteiger charge is 2.12. The average Bonchev–Trinajstić information content (AvgIpc) is 2.83. The first-order chi connectivity index (χ1) is 8.92. The van der Waals surface area contributed by atoms with Crippen molar-refractivity contribution in [3.05, 3.63) is 18.2 Å². The van der Waals surface area contributed by atoms with Crippen LogP contribution in [0.1, 0.15) is 5.69 Å². The molecule has 0 aliphatic carbocycles. The minimum Gasteiger partial charge on any atom is -0.480 e. The molecule has 0 unspecified atom stereocenters. The van der Waals surface area contributed by atoms with Gasteiger partial charge in [-0.25, -0.2) is 14.1 Å². The summed E-state index contributed by atoms with van der Waals surface area (Å²) in [7, 11) is 0. The Labute approximate surface area is 120 Å². The maximum absolute atomic E-state index is 10.3. The molecule has 0 aliphatic heterocycles. The van der Waals surface area contributed by atoms with Crippen molar-refractivity contribution in [2.75, 3.05) is 5.75 Å². The zero-order chi connectivity index (χ0) is 14.8. The monoisotopic (exact) mass is 306 g/mol. The van der Waals surface area contributed by atoms with Crippen molar-refractivity contribution in [1.82, 2.24) is 9.97 Å². The van der Waals surface area contributed by atoms with Crippen LogP contribution in [-0.2, 0) is 28.4 Å². The average molecular weight is 306 g/mol. The molecule has 1 heterocycles. The Bertz CT molecular complexity index is 412. The molecule has 0 bridgehead atoms. The molecule has 1 aromatic heterocycles. The molecule has 0 aromatic carbocycles. The van der Waals surface area contributed by atoms with E-state index in [2.05, 4.69) is 39.4 Å². The summed E-state index contributed by atoms with van der Waals surface area (Å²) in [5, 5.41) is 16.6. The van der Waals surface area contributed by atoms with Gasteiger partial charge in [-0.3, -0.25) is 4.79 Å². The summed E-state index contributed by atoms with van der Waals surface area (Å²) in [4.78, 5) is 26.7. The van der Waals surface area contributed by atoms with Crippen LogP contribution in [0.5, 0.6) is 0 Å². The van der Waals surface area contributed by atoms with Crippen molar-refractivity contribution in [3.8, 4) is 0 Å². The second-order valence-electron chi connectivity index (χ2n) is 3.37. The number of aromatic nitrogens is 2. The number of hydrogen-bond acceptors (Lipinski definition) is 7. The minimum atomic E-state index is -1.02. The molecule has 0 saturated carbocycles. The Balaban J connectivity index is 0.000000362. The number of nitrogens with two attached hydrogens (primary N) is 1. The molecule has 106 valence electrons. The topological polar surface area (TPSA) is 142 Å². The Morgan fingerprint density at radius 2 is 2.16 bits per heavy atom. The number of aliphatic carboxylic acids is 2. The molecule has 10 heteroatoms. The smallest absolute Gasteiger partial charge is 0.330 e. The van der Waals surface area contributed by atoms with E-state index in [9.17, 15) is 9.59 Å². The van der Waals surface area contributed by atoms with E-state index < -0.39 is 24.0 Å². The Hall–Kier alpha value is -1.52. The highest BCUT2D eigenvalue weighted by molar-refractivity contribution is 7.80. The first-order valence-corrected chi connectivity index (χ1v) is 6.03. The van der Waals surface area contributed by atoms with Crippen molar-refractivity contribution in [3.63, 3.8) is 0 Å². The molecule has 2 atom stereocenters. The Morgan fingerprint density at radius 3 is 2.42 bits per heavy atom. The number of hydrogen-bond donors (Lipinski definition) is 5. The summed E-state index contributed by atoms with van der Waals surface area (Å²) >= 11 is 7.84. The lowest BCUT2D eigenvalue weighted by molar-refractivity contribution is -0.139. The SMILES string of the molecule is N[C@@H](Cc1cnc[nH]1)C(=O)O.O=C(O)[C@H](CS)N=S. The summed E-state index contributed by atoms with van der Waals surface area (Å²) in [6.45, 7) is 0. The van der Waals surface area contributed by atoms with Gasteiger partial charge in [-0.15, -0.1) is 0 Å². The zero-order valence-corrected chi connectivity index (χ0v) is 11.5. The molecule has 0 radical (unpaired) electrons. The molecule has 0 fully saturated rings. The van der Waals surface area contributed by atoms with Crippen LogP contribution in [0.4, 0.5) is 0 Å². The predicted molar refractivity (Wildman–Crippen MR) is 73.0 cm³/mol. The van der Waals surface area contributed by atoms with Gasteiger partial charge < -0.3 is 20.9 Å². The lowest BCUT2D eigenvalue weighted by Crippen LogP contribution is -2.32. The van der Waals surface area contributed by atoms with Gasteiger partial charge in [0.25, 0.3) is 0 Å². The third kappa shape index (κ3) is 7.49. The van der Waals surface area contributed by atoms with Crippen LogP contribution in [0.3, 0.4) is 0 Å². The lowest BCUT2D eigenvalue weighted by atomic mass is 10.2. The zero-order valence-electron chi connectivity index (χ0n) is 9.76. The van der Waals surface area contributed by atoms with Crippen molar-refractivity contribution >= 4 is 37.0 Å². The van der Waals surface area contributed by atoms with E-state index in [1.165, 1.54) is 6.33 Å². The quantitative estimate of drug-likeness (QED) is 0.444. The Kier molecular flexibility index (Phi) is 8.66. The van der Waals surface area contributed by atoms with Gasteiger partial charge in [0, 0.05) is 36.5 Å². The van der Waals surface area contributed by atoms with Gasteiger partial charge in [-0.05, 0) is 0 Å². The van der Waals surface area contributed by atoms with Crippen LogP contribution in [0.15, 0.2) is 16.9 Å². The molecule has 5 N–H and O–H groups in total. The number of nitrogens with zero attached hydrogens (tertiary/aromatic N) is 2. The van der Waals surface area contributed by atoms with Crippen LogP contribution in [0, 0.1) is 0 Å². The largest absolute Gasteiger partial charge is 0.480 e. The first-order valence-electron chi connectivity index (χ1n) is 5.04. The van der Waals surface area contributed by atoms with E-state index in [4.69, 9.17) is 15.9 Å². The maximum atomic E-state index is 10.3. The molecule has 1 rings (SSSR count). The number of aromatic amines is 1. The molecule has 0 spiro atoms. The molecule has 1 aromatic rings. The third-order valence-corrected chi connectivity index (χ3v) is 2.50. The minimum absolute atomic E-state index is 0.166.